The van der Waals surface area contributed by atoms with Crippen molar-refractivity contribution in [1.82, 2.24) is 35.4 Å². The Labute approximate surface area is 268 Å². The molecule has 2 heterocycles. The highest BCUT2D eigenvalue weighted by molar-refractivity contribution is 5.77. The third-order valence-corrected chi connectivity index (χ3v) is 7.41. The minimum absolute atomic E-state index is 0.0625. The van der Waals surface area contributed by atoms with E-state index in [4.69, 9.17) is 9.47 Å². The number of aryl methyl sites for hydroxylation is 1. The van der Waals surface area contributed by atoms with Gasteiger partial charge in [-0.25, -0.2) is 14.3 Å². The summed E-state index contributed by atoms with van der Waals surface area (Å²) in [4.78, 5) is 51.5. The van der Waals surface area contributed by atoms with Gasteiger partial charge in [-0.15, -0.1) is 5.10 Å². The number of carbonyl (C=O) groups is 4. The van der Waals surface area contributed by atoms with E-state index >= 15 is 0 Å². The summed E-state index contributed by atoms with van der Waals surface area (Å²) in [6.07, 6.45) is 13.6. The standard InChI is InChI=1S/C32H55N7O6/c1-26(2)44-31(42)34-19-15-11-12-16-28-24-39(36-35-28)25-29(40)33-18-14-10-8-6-5-7-9-13-17-30(41)37-20-22-38(23-21-37)32(43)45-27(3)4/h24,26H,3,5-23,25H2,1-2,4H3,(H,33,40)(H,34,42). The number of unbranched alkanes of at least 4 members (excludes halogenated alkanes) is 9. The molecule has 1 aromatic heterocycles. The molecular formula is C32H55N7O6. The molecule has 0 unspecified atom stereocenters. The molecule has 0 aliphatic carbocycles. The van der Waals surface area contributed by atoms with E-state index in [2.05, 4.69) is 27.5 Å². The van der Waals surface area contributed by atoms with Crippen molar-refractivity contribution in [3.05, 3.63) is 24.2 Å². The molecule has 2 N–H and O–H groups in total. The van der Waals surface area contributed by atoms with E-state index in [1.807, 2.05) is 24.9 Å². The van der Waals surface area contributed by atoms with Gasteiger partial charge in [0.2, 0.25) is 11.8 Å². The van der Waals surface area contributed by atoms with Crippen LogP contribution < -0.4 is 10.6 Å². The molecule has 1 saturated heterocycles. The number of carbonyl (C=O) groups excluding carboxylic acids is 4. The number of alkyl carbamates (subject to hydrolysis) is 1. The van der Waals surface area contributed by atoms with E-state index in [-0.39, 0.29) is 30.6 Å². The van der Waals surface area contributed by atoms with E-state index in [9.17, 15) is 19.2 Å². The minimum Gasteiger partial charge on any atom is -0.447 e. The average molecular weight is 634 g/mol. The molecule has 0 aromatic carbocycles. The van der Waals surface area contributed by atoms with Crippen LogP contribution in [0.15, 0.2) is 18.5 Å². The first-order valence-corrected chi connectivity index (χ1v) is 16.6. The number of rotatable bonds is 21. The molecule has 1 fully saturated rings. The maximum absolute atomic E-state index is 12.5. The summed E-state index contributed by atoms with van der Waals surface area (Å²) in [6.45, 7) is 12.3. The SMILES string of the molecule is C=C(C)OC(=O)N1CCN(C(=O)CCCCCCCCCCNC(=O)Cn2cc(CCCCCNC(=O)OC(C)C)nn2)CC1. The van der Waals surface area contributed by atoms with Gasteiger partial charge in [-0.05, 0) is 52.9 Å². The number of hydrogen-bond donors (Lipinski definition) is 2. The number of aromatic nitrogens is 3. The lowest BCUT2D eigenvalue weighted by Crippen LogP contribution is -2.50. The van der Waals surface area contributed by atoms with Gasteiger partial charge in [-0.2, -0.15) is 0 Å². The number of piperazine rings is 1. The smallest absolute Gasteiger partial charge is 0.414 e. The quantitative estimate of drug-likeness (QED) is 0.148. The average Bonchev–Trinajstić information content (AvgIpc) is 3.43. The molecule has 0 spiro atoms. The van der Waals surface area contributed by atoms with Gasteiger partial charge in [0.15, 0.2) is 0 Å². The predicted molar refractivity (Wildman–Crippen MR) is 171 cm³/mol. The Morgan fingerprint density at radius 3 is 2.07 bits per heavy atom. The molecule has 13 nitrogen and oxygen atoms in total. The fourth-order valence-corrected chi connectivity index (χ4v) is 4.99. The Hall–Kier alpha value is -3.64. The van der Waals surface area contributed by atoms with Crippen LogP contribution in [0.25, 0.3) is 0 Å². The summed E-state index contributed by atoms with van der Waals surface area (Å²) in [7, 11) is 0. The van der Waals surface area contributed by atoms with E-state index in [0.29, 0.717) is 51.4 Å². The van der Waals surface area contributed by atoms with Gasteiger partial charge in [0.05, 0.1) is 17.6 Å². The highest BCUT2D eigenvalue weighted by Crippen LogP contribution is 2.12. The Balaban J connectivity index is 1.38. The van der Waals surface area contributed by atoms with Crippen molar-refractivity contribution in [3.8, 4) is 0 Å². The van der Waals surface area contributed by atoms with E-state index < -0.39 is 6.09 Å². The van der Waals surface area contributed by atoms with Gasteiger partial charge >= 0.3 is 12.2 Å². The lowest BCUT2D eigenvalue weighted by atomic mass is 10.1. The molecular weight excluding hydrogens is 578 g/mol. The lowest BCUT2D eigenvalue weighted by molar-refractivity contribution is -0.132. The minimum atomic E-state index is -0.394. The van der Waals surface area contributed by atoms with Crippen molar-refractivity contribution in [2.75, 3.05) is 39.3 Å². The van der Waals surface area contributed by atoms with Crippen LogP contribution in [-0.2, 0) is 32.0 Å². The van der Waals surface area contributed by atoms with Crippen LogP contribution in [0.1, 0.15) is 104 Å². The van der Waals surface area contributed by atoms with Gasteiger partial charge in [0.25, 0.3) is 0 Å². The Morgan fingerprint density at radius 2 is 1.42 bits per heavy atom. The van der Waals surface area contributed by atoms with Crippen LogP contribution >= 0.6 is 0 Å². The first kappa shape index (κ1) is 37.5. The Bertz CT molecular complexity index is 1050. The fourth-order valence-electron chi connectivity index (χ4n) is 4.99. The van der Waals surface area contributed by atoms with Gasteiger partial charge in [0, 0.05) is 51.9 Å². The molecule has 1 aliphatic rings. The zero-order valence-electron chi connectivity index (χ0n) is 27.7. The summed E-state index contributed by atoms with van der Waals surface area (Å²) in [5.41, 5.74) is 0.861. The molecule has 0 radical (unpaired) electrons. The monoisotopic (exact) mass is 633 g/mol. The van der Waals surface area contributed by atoms with Crippen molar-refractivity contribution in [2.45, 2.75) is 117 Å². The zero-order valence-corrected chi connectivity index (χ0v) is 27.7. The second kappa shape index (κ2) is 22.0. The number of hydrogen-bond acceptors (Lipinski definition) is 8. The first-order chi connectivity index (χ1) is 21.6. The Morgan fingerprint density at radius 1 is 0.844 bits per heavy atom. The van der Waals surface area contributed by atoms with Crippen molar-refractivity contribution < 1.29 is 28.7 Å². The highest BCUT2D eigenvalue weighted by Gasteiger charge is 2.24. The molecule has 1 aromatic rings. The summed E-state index contributed by atoms with van der Waals surface area (Å²) < 4.78 is 11.6. The first-order valence-electron chi connectivity index (χ1n) is 16.6. The normalized spacial score (nSPS) is 13.1. The number of ether oxygens (including phenoxy) is 2. The molecule has 4 amide bonds. The molecule has 0 atom stereocenters. The third-order valence-electron chi connectivity index (χ3n) is 7.41. The number of nitrogens with one attached hydrogen (secondary N) is 2. The maximum Gasteiger partial charge on any atom is 0.414 e. The number of allylic oxidation sites excluding steroid dienone is 1. The third kappa shape index (κ3) is 17.4. The van der Waals surface area contributed by atoms with Crippen molar-refractivity contribution >= 4 is 24.0 Å². The van der Waals surface area contributed by atoms with Gasteiger partial charge < -0.3 is 29.9 Å². The zero-order chi connectivity index (χ0) is 32.9. The molecule has 0 saturated carbocycles. The van der Waals surface area contributed by atoms with Crippen LogP contribution in [0.4, 0.5) is 9.59 Å². The second-order valence-corrected chi connectivity index (χ2v) is 12.0. The van der Waals surface area contributed by atoms with Crippen LogP contribution in [-0.4, -0.2) is 94.2 Å². The molecule has 1 aliphatic heterocycles. The summed E-state index contributed by atoms with van der Waals surface area (Å²) in [6, 6.07) is 0. The maximum atomic E-state index is 12.5. The fraction of sp³-hybridized carbons (Fsp3) is 0.750. The molecule has 0 bridgehead atoms. The summed E-state index contributed by atoms with van der Waals surface area (Å²) >= 11 is 0. The van der Waals surface area contributed by atoms with Gasteiger partial charge in [-0.1, -0.05) is 56.7 Å². The van der Waals surface area contributed by atoms with Crippen LogP contribution in [0.5, 0.6) is 0 Å². The van der Waals surface area contributed by atoms with Gasteiger partial charge in [0.1, 0.15) is 6.54 Å². The molecule has 2 rings (SSSR count). The number of nitrogens with zero attached hydrogens (tertiary/aromatic N) is 5. The molecule has 45 heavy (non-hydrogen) atoms. The second-order valence-electron chi connectivity index (χ2n) is 12.0. The number of amides is 4. The van der Waals surface area contributed by atoms with Crippen molar-refractivity contribution in [1.29, 1.82) is 0 Å². The lowest BCUT2D eigenvalue weighted by Gasteiger charge is -2.34. The van der Waals surface area contributed by atoms with Crippen molar-refractivity contribution in [3.63, 3.8) is 0 Å². The summed E-state index contributed by atoms with van der Waals surface area (Å²) in [5, 5.41) is 13.9. The van der Waals surface area contributed by atoms with E-state index in [0.717, 1.165) is 82.7 Å². The summed E-state index contributed by atoms with van der Waals surface area (Å²) in [5.74, 6) is 0.473. The van der Waals surface area contributed by atoms with Gasteiger partial charge in [-0.3, -0.25) is 9.59 Å². The predicted octanol–water partition coefficient (Wildman–Crippen LogP) is 4.57. The van der Waals surface area contributed by atoms with Crippen LogP contribution in [0.2, 0.25) is 0 Å². The van der Waals surface area contributed by atoms with Crippen molar-refractivity contribution in [2.24, 2.45) is 0 Å². The molecule has 254 valence electrons. The largest absolute Gasteiger partial charge is 0.447 e. The van der Waals surface area contributed by atoms with E-state index in [1.165, 1.54) is 0 Å². The molecule has 13 heteroatoms. The van der Waals surface area contributed by atoms with Crippen LogP contribution in [0.3, 0.4) is 0 Å². The Kier molecular flexibility index (Phi) is 18.3. The highest BCUT2D eigenvalue weighted by atomic mass is 16.6. The van der Waals surface area contributed by atoms with E-state index in [1.54, 1.807) is 16.5 Å². The van der Waals surface area contributed by atoms with Crippen LogP contribution in [0, 0.1) is 0 Å². The topological polar surface area (TPSA) is 148 Å².